The fraction of sp³-hybridized carbons (Fsp3) is 0. The topological polar surface area (TPSA) is 95.3 Å². The van der Waals surface area contributed by atoms with Crippen LogP contribution in [0.2, 0.25) is 5.02 Å². The van der Waals surface area contributed by atoms with Crippen LogP contribution >= 0.6 is 19.2 Å². The van der Waals surface area contributed by atoms with E-state index in [0.29, 0.717) is 10.7 Å². The number of nitrogens with one attached hydrogen (secondary N) is 1. The van der Waals surface area contributed by atoms with E-state index in [1.54, 1.807) is 24.3 Å². The summed E-state index contributed by atoms with van der Waals surface area (Å²) in [6, 6.07) is 6.26. The average molecular weight is 275 g/mol. The zero-order valence-corrected chi connectivity index (χ0v) is 10.0. The molecule has 0 aliphatic carbocycles. The molecule has 2 aromatic rings. The number of aromatic amines is 1. The minimum atomic E-state index is -4.56. The summed E-state index contributed by atoms with van der Waals surface area (Å²) in [4.78, 5) is 29.6. The summed E-state index contributed by atoms with van der Waals surface area (Å²) in [5, 5.41) is 2.43. The van der Waals surface area contributed by atoms with Crippen LogP contribution < -0.4 is 10.9 Å². The van der Waals surface area contributed by atoms with E-state index in [1.807, 2.05) is 0 Å². The Balaban J connectivity index is 2.56. The summed E-state index contributed by atoms with van der Waals surface area (Å²) in [6.07, 6.45) is 0.998. The first-order chi connectivity index (χ1) is 7.89. The molecule has 0 radical (unpaired) electrons. The Kier molecular flexibility index (Phi) is 2.97. The second kappa shape index (κ2) is 4.16. The van der Waals surface area contributed by atoms with Crippen LogP contribution in [0, 0.1) is 0 Å². The lowest BCUT2D eigenvalue weighted by molar-refractivity contribution is 0.387. The zero-order valence-electron chi connectivity index (χ0n) is 8.37. The third kappa shape index (κ3) is 2.35. The van der Waals surface area contributed by atoms with E-state index < -0.39 is 18.5 Å². The highest BCUT2D eigenvalue weighted by Gasteiger charge is 2.24. The van der Waals surface area contributed by atoms with Crippen LogP contribution in [0.3, 0.4) is 0 Å². The molecular formula is C9H8ClN2O4P. The molecule has 0 bridgehead atoms. The van der Waals surface area contributed by atoms with Gasteiger partial charge < -0.3 is 9.79 Å². The molecule has 0 aliphatic heterocycles. The molecule has 1 aromatic carbocycles. The van der Waals surface area contributed by atoms with Crippen LogP contribution in [0.25, 0.3) is 5.69 Å². The number of hydrogen-bond donors (Lipinski definition) is 3. The molecule has 0 amide bonds. The summed E-state index contributed by atoms with van der Waals surface area (Å²) in [6.45, 7) is 0. The average Bonchev–Trinajstić information content (AvgIpc) is 2.61. The molecule has 6 nitrogen and oxygen atoms in total. The Morgan fingerprint density at radius 3 is 2.29 bits per heavy atom. The molecule has 0 saturated carbocycles. The lowest BCUT2D eigenvalue weighted by Crippen LogP contribution is -2.27. The van der Waals surface area contributed by atoms with Crippen molar-refractivity contribution in [2.45, 2.75) is 0 Å². The number of halogens is 1. The fourth-order valence-electron chi connectivity index (χ4n) is 1.35. The highest BCUT2D eigenvalue weighted by molar-refractivity contribution is 7.60. The molecule has 0 fully saturated rings. The minimum absolute atomic E-state index is 0.444. The first-order valence-electron chi connectivity index (χ1n) is 4.52. The van der Waals surface area contributed by atoms with Crippen LogP contribution in [0.1, 0.15) is 0 Å². The lowest BCUT2D eigenvalue weighted by Gasteiger charge is -2.01. The van der Waals surface area contributed by atoms with Gasteiger partial charge in [0, 0.05) is 11.2 Å². The highest BCUT2D eigenvalue weighted by atomic mass is 35.5. The normalized spacial score (nSPS) is 11.7. The highest BCUT2D eigenvalue weighted by Crippen LogP contribution is 2.31. The van der Waals surface area contributed by atoms with Gasteiger partial charge >= 0.3 is 7.60 Å². The molecule has 8 heteroatoms. The lowest BCUT2D eigenvalue weighted by atomic mass is 10.3. The van der Waals surface area contributed by atoms with Crippen molar-refractivity contribution in [3.63, 3.8) is 0 Å². The predicted molar refractivity (Wildman–Crippen MR) is 63.1 cm³/mol. The molecule has 17 heavy (non-hydrogen) atoms. The number of hydrogen-bond acceptors (Lipinski definition) is 2. The number of rotatable bonds is 2. The second-order valence-electron chi connectivity index (χ2n) is 3.32. The van der Waals surface area contributed by atoms with E-state index in [4.69, 9.17) is 21.4 Å². The maximum atomic E-state index is 11.7. The monoisotopic (exact) mass is 274 g/mol. The van der Waals surface area contributed by atoms with Crippen molar-refractivity contribution in [3.8, 4) is 5.69 Å². The van der Waals surface area contributed by atoms with E-state index >= 15 is 0 Å². The van der Waals surface area contributed by atoms with Crippen LogP contribution in [-0.2, 0) is 4.57 Å². The van der Waals surface area contributed by atoms with Crippen molar-refractivity contribution >= 4 is 24.5 Å². The van der Waals surface area contributed by atoms with E-state index in [-0.39, 0.29) is 0 Å². The third-order valence-electron chi connectivity index (χ3n) is 2.15. The van der Waals surface area contributed by atoms with Gasteiger partial charge in [0.05, 0.1) is 5.69 Å². The summed E-state index contributed by atoms with van der Waals surface area (Å²) >= 11 is 5.69. The third-order valence-corrected chi connectivity index (χ3v) is 3.35. The smallest absolute Gasteiger partial charge is 0.321 e. The quantitative estimate of drug-likeness (QED) is 0.700. The van der Waals surface area contributed by atoms with Gasteiger partial charge in [-0.2, -0.15) is 0 Å². The molecule has 0 spiro atoms. The van der Waals surface area contributed by atoms with Gasteiger partial charge in [0.15, 0.2) is 0 Å². The van der Waals surface area contributed by atoms with Crippen molar-refractivity contribution in [2.24, 2.45) is 0 Å². The molecule has 0 saturated heterocycles. The number of nitrogens with zero attached hydrogens (tertiary/aromatic N) is 1. The fourth-order valence-corrected chi connectivity index (χ4v) is 2.05. The van der Waals surface area contributed by atoms with Gasteiger partial charge in [-0.3, -0.25) is 14.5 Å². The minimum Gasteiger partial charge on any atom is -0.321 e. The molecule has 2 rings (SSSR count). The summed E-state index contributed by atoms with van der Waals surface area (Å²) in [5.41, 5.74) is -0.334. The molecular weight excluding hydrogens is 267 g/mol. The van der Waals surface area contributed by atoms with Gasteiger partial charge in [0.2, 0.25) is 0 Å². The Labute approximate surface area is 101 Å². The largest absolute Gasteiger partial charge is 0.363 e. The SMILES string of the molecule is O=c1c(P(=O)(O)O)c[nH]n1-c1ccc(Cl)cc1. The summed E-state index contributed by atoms with van der Waals surface area (Å²) in [7, 11) is -4.56. The Bertz CT molecular complexity index is 640. The van der Waals surface area contributed by atoms with Crippen molar-refractivity contribution in [2.75, 3.05) is 0 Å². The van der Waals surface area contributed by atoms with Crippen LogP contribution in [0.4, 0.5) is 0 Å². The molecule has 1 aromatic heterocycles. The van der Waals surface area contributed by atoms with E-state index in [1.165, 1.54) is 0 Å². The Morgan fingerprint density at radius 2 is 1.82 bits per heavy atom. The van der Waals surface area contributed by atoms with Crippen LogP contribution in [0.15, 0.2) is 35.3 Å². The Morgan fingerprint density at radius 1 is 1.24 bits per heavy atom. The standard InChI is InChI=1S/C9H8ClN2O4P/c10-6-1-3-7(4-2-6)12-9(13)8(5-11-12)17(14,15)16/h1-5,11H,(H2,14,15,16). The maximum absolute atomic E-state index is 11.7. The van der Waals surface area contributed by atoms with E-state index in [0.717, 1.165) is 10.9 Å². The molecule has 0 aliphatic rings. The van der Waals surface area contributed by atoms with Crippen LogP contribution in [-0.4, -0.2) is 19.6 Å². The van der Waals surface area contributed by atoms with Gasteiger partial charge in [-0.15, -0.1) is 0 Å². The van der Waals surface area contributed by atoms with Gasteiger partial charge in [-0.25, -0.2) is 4.68 Å². The van der Waals surface area contributed by atoms with Crippen molar-refractivity contribution in [1.29, 1.82) is 0 Å². The molecule has 3 N–H and O–H groups in total. The Hall–Kier alpha value is -1.33. The predicted octanol–water partition coefficient (Wildman–Crippen LogP) is 0.622. The maximum Gasteiger partial charge on any atom is 0.363 e. The van der Waals surface area contributed by atoms with E-state index in [9.17, 15) is 9.36 Å². The number of benzene rings is 1. The molecule has 90 valence electrons. The van der Waals surface area contributed by atoms with Crippen molar-refractivity contribution < 1.29 is 14.4 Å². The first kappa shape index (κ1) is 12.1. The summed E-state index contributed by atoms with van der Waals surface area (Å²) < 4.78 is 12.0. The van der Waals surface area contributed by atoms with Gasteiger partial charge in [0.25, 0.3) is 5.56 Å². The first-order valence-corrected chi connectivity index (χ1v) is 6.51. The van der Waals surface area contributed by atoms with Crippen molar-refractivity contribution in [3.05, 3.63) is 45.8 Å². The second-order valence-corrected chi connectivity index (χ2v) is 5.33. The number of H-pyrrole nitrogens is 1. The summed E-state index contributed by atoms with van der Waals surface area (Å²) in [5.74, 6) is 0. The molecule has 0 atom stereocenters. The van der Waals surface area contributed by atoms with E-state index in [2.05, 4.69) is 5.10 Å². The molecule has 0 unspecified atom stereocenters. The van der Waals surface area contributed by atoms with Crippen molar-refractivity contribution in [1.82, 2.24) is 9.78 Å². The van der Waals surface area contributed by atoms with Gasteiger partial charge in [0.1, 0.15) is 5.30 Å². The molecule has 1 heterocycles. The number of aromatic nitrogens is 2. The zero-order chi connectivity index (χ0) is 12.6. The van der Waals surface area contributed by atoms with Gasteiger partial charge in [-0.05, 0) is 24.3 Å². The van der Waals surface area contributed by atoms with Crippen LogP contribution in [0.5, 0.6) is 0 Å². The van der Waals surface area contributed by atoms with Gasteiger partial charge in [-0.1, -0.05) is 11.6 Å².